The molecule has 3 rings (SSSR count). The van der Waals surface area contributed by atoms with Crippen molar-refractivity contribution in [3.63, 3.8) is 0 Å². The Labute approximate surface area is 157 Å². The van der Waals surface area contributed by atoms with Crippen molar-refractivity contribution in [3.05, 3.63) is 82.8 Å². The number of nitrogens with one attached hydrogen (secondary N) is 2. The van der Waals surface area contributed by atoms with Crippen molar-refractivity contribution >= 4 is 34.9 Å². The van der Waals surface area contributed by atoms with Crippen molar-refractivity contribution < 1.29 is 18.4 Å². The quantitative estimate of drug-likeness (QED) is 0.709. The zero-order valence-electron chi connectivity index (χ0n) is 13.5. The van der Waals surface area contributed by atoms with Gasteiger partial charge in [0, 0.05) is 6.20 Å². The van der Waals surface area contributed by atoms with E-state index < -0.39 is 23.4 Å². The smallest absolute Gasteiger partial charge is 0.274 e. The molecule has 0 saturated carbocycles. The highest BCUT2D eigenvalue weighted by molar-refractivity contribution is 6.30. The molecule has 0 spiro atoms. The summed E-state index contributed by atoms with van der Waals surface area (Å²) in [6.07, 6.45) is 2.23. The maximum absolute atomic E-state index is 13.6. The van der Waals surface area contributed by atoms with E-state index in [2.05, 4.69) is 20.6 Å². The molecule has 2 N–H and O–H groups in total. The average Bonchev–Trinajstić information content (AvgIpc) is 2.65. The zero-order valence-corrected chi connectivity index (χ0v) is 14.3. The number of carbonyl (C=O) groups excluding carboxylic acids is 2. The van der Waals surface area contributed by atoms with Gasteiger partial charge in [-0.05, 0) is 42.5 Å². The van der Waals surface area contributed by atoms with Crippen LogP contribution in [0, 0.1) is 11.6 Å². The molecule has 0 unspecified atom stereocenters. The fourth-order valence-electron chi connectivity index (χ4n) is 2.14. The number of carbonyl (C=O) groups is 2. The fraction of sp³-hybridized carbons (Fsp3) is 0. The summed E-state index contributed by atoms with van der Waals surface area (Å²) >= 11 is 5.73. The lowest BCUT2D eigenvalue weighted by molar-refractivity contribution is 0.102. The van der Waals surface area contributed by atoms with Gasteiger partial charge in [-0.1, -0.05) is 11.6 Å². The van der Waals surface area contributed by atoms with Gasteiger partial charge in [0.05, 0.1) is 22.5 Å². The van der Waals surface area contributed by atoms with Gasteiger partial charge in [-0.3, -0.25) is 9.59 Å². The van der Waals surface area contributed by atoms with Crippen LogP contribution >= 0.6 is 11.6 Å². The standard InChI is InChI=1S/C18H11ClF2N4O2/c19-10-1-6-16(23-8-10)25-17(26)13-7-11(20)2-4-14(13)24-18(27)15-5-3-12(21)9-22-15/h1-9H,(H,24,27)(H,23,25,26). The Kier molecular flexibility index (Phi) is 5.37. The summed E-state index contributed by atoms with van der Waals surface area (Å²) in [7, 11) is 0. The molecule has 0 aliphatic rings. The number of pyridine rings is 2. The first-order valence-electron chi connectivity index (χ1n) is 7.58. The number of rotatable bonds is 4. The first-order valence-corrected chi connectivity index (χ1v) is 7.95. The maximum Gasteiger partial charge on any atom is 0.274 e. The third-order valence-corrected chi connectivity index (χ3v) is 3.63. The van der Waals surface area contributed by atoms with Gasteiger partial charge in [-0.25, -0.2) is 18.7 Å². The molecule has 27 heavy (non-hydrogen) atoms. The van der Waals surface area contributed by atoms with Gasteiger partial charge in [0.25, 0.3) is 11.8 Å². The molecule has 136 valence electrons. The molecule has 2 aromatic heterocycles. The molecule has 0 bridgehead atoms. The Bertz CT molecular complexity index is 995. The summed E-state index contributed by atoms with van der Waals surface area (Å²) in [5.41, 5.74) is -0.132. The largest absolute Gasteiger partial charge is 0.320 e. The van der Waals surface area contributed by atoms with Crippen molar-refractivity contribution in [2.45, 2.75) is 0 Å². The molecule has 0 saturated heterocycles. The van der Waals surface area contributed by atoms with Crippen molar-refractivity contribution in [1.82, 2.24) is 9.97 Å². The van der Waals surface area contributed by atoms with Crippen LogP contribution in [0.2, 0.25) is 5.02 Å². The highest BCUT2D eigenvalue weighted by atomic mass is 35.5. The monoisotopic (exact) mass is 388 g/mol. The highest BCUT2D eigenvalue weighted by Crippen LogP contribution is 2.20. The summed E-state index contributed by atoms with van der Waals surface area (Å²) in [5.74, 6) is -2.43. The lowest BCUT2D eigenvalue weighted by atomic mass is 10.1. The number of amides is 2. The van der Waals surface area contributed by atoms with E-state index in [0.717, 1.165) is 24.4 Å². The molecule has 0 atom stereocenters. The van der Waals surface area contributed by atoms with Crippen LogP contribution in [0.4, 0.5) is 20.3 Å². The number of benzene rings is 1. The minimum atomic E-state index is -0.688. The van der Waals surface area contributed by atoms with E-state index in [0.29, 0.717) is 5.02 Å². The van der Waals surface area contributed by atoms with Crippen LogP contribution in [0.15, 0.2) is 54.9 Å². The predicted molar refractivity (Wildman–Crippen MR) is 95.7 cm³/mol. The van der Waals surface area contributed by atoms with Crippen molar-refractivity contribution in [1.29, 1.82) is 0 Å². The molecular formula is C18H11ClF2N4O2. The first kappa shape index (κ1) is 18.4. The molecule has 6 nitrogen and oxygen atoms in total. The molecule has 3 aromatic rings. The van der Waals surface area contributed by atoms with E-state index in [9.17, 15) is 18.4 Å². The molecular weight excluding hydrogens is 378 g/mol. The Morgan fingerprint density at radius 3 is 2.30 bits per heavy atom. The normalized spacial score (nSPS) is 10.3. The summed E-state index contributed by atoms with van der Waals surface area (Å²) in [4.78, 5) is 32.3. The SMILES string of the molecule is O=C(Nc1ccc(F)cc1C(=O)Nc1ccc(Cl)cn1)c1ccc(F)cn1. The fourth-order valence-corrected chi connectivity index (χ4v) is 2.26. The van der Waals surface area contributed by atoms with Crippen molar-refractivity contribution in [2.24, 2.45) is 0 Å². The second-order valence-corrected chi connectivity index (χ2v) is 5.76. The first-order chi connectivity index (χ1) is 12.9. The average molecular weight is 389 g/mol. The summed E-state index contributed by atoms with van der Waals surface area (Å²) in [6, 6.07) is 8.56. The summed E-state index contributed by atoms with van der Waals surface area (Å²) in [6.45, 7) is 0. The molecule has 2 amide bonds. The topological polar surface area (TPSA) is 84.0 Å². The Hall–Kier alpha value is -3.39. The van der Waals surface area contributed by atoms with Gasteiger partial charge >= 0.3 is 0 Å². The zero-order chi connectivity index (χ0) is 19.4. The molecule has 2 heterocycles. The second-order valence-electron chi connectivity index (χ2n) is 5.32. The molecule has 0 aliphatic heterocycles. The van der Waals surface area contributed by atoms with Gasteiger partial charge in [-0.2, -0.15) is 0 Å². The van der Waals surface area contributed by atoms with Gasteiger partial charge in [0.15, 0.2) is 0 Å². The van der Waals surface area contributed by atoms with Crippen molar-refractivity contribution in [3.8, 4) is 0 Å². The molecule has 0 radical (unpaired) electrons. The Balaban J connectivity index is 1.83. The van der Waals surface area contributed by atoms with E-state index in [1.807, 2.05) is 0 Å². The maximum atomic E-state index is 13.6. The third kappa shape index (κ3) is 4.62. The Morgan fingerprint density at radius 2 is 1.63 bits per heavy atom. The molecule has 0 fully saturated rings. The van der Waals surface area contributed by atoms with Crippen LogP contribution in [-0.4, -0.2) is 21.8 Å². The number of halogens is 3. The molecule has 0 aliphatic carbocycles. The van der Waals surface area contributed by atoms with Crippen LogP contribution in [0.5, 0.6) is 0 Å². The minimum Gasteiger partial charge on any atom is -0.320 e. The third-order valence-electron chi connectivity index (χ3n) is 3.40. The summed E-state index contributed by atoms with van der Waals surface area (Å²) in [5, 5.41) is 5.33. The van der Waals surface area contributed by atoms with E-state index in [-0.39, 0.29) is 22.8 Å². The lowest BCUT2D eigenvalue weighted by Gasteiger charge is -2.11. The van der Waals surface area contributed by atoms with Crippen LogP contribution in [0.25, 0.3) is 0 Å². The number of hydrogen-bond acceptors (Lipinski definition) is 4. The van der Waals surface area contributed by atoms with Gasteiger partial charge in [0.1, 0.15) is 23.1 Å². The van der Waals surface area contributed by atoms with E-state index in [1.54, 1.807) is 0 Å². The minimum absolute atomic E-state index is 0.0546. The second kappa shape index (κ2) is 7.88. The number of anilines is 2. The van der Waals surface area contributed by atoms with E-state index in [1.165, 1.54) is 30.5 Å². The molecule has 9 heteroatoms. The van der Waals surface area contributed by atoms with Gasteiger partial charge < -0.3 is 10.6 Å². The van der Waals surface area contributed by atoms with Gasteiger partial charge in [0.2, 0.25) is 0 Å². The number of hydrogen-bond donors (Lipinski definition) is 2. The van der Waals surface area contributed by atoms with E-state index in [4.69, 9.17) is 11.6 Å². The number of aromatic nitrogens is 2. The highest BCUT2D eigenvalue weighted by Gasteiger charge is 2.17. The van der Waals surface area contributed by atoms with E-state index >= 15 is 0 Å². The predicted octanol–water partition coefficient (Wildman–Crippen LogP) is 3.91. The summed E-state index contributed by atoms with van der Waals surface area (Å²) < 4.78 is 26.5. The van der Waals surface area contributed by atoms with Gasteiger partial charge in [-0.15, -0.1) is 0 Å². The molecule has 1 aromatic carbocycles. The van der Waals surface area contributed by atoms with Crippen LogP contribution in [0.3, 0.4) is 0 Å². The van der Waals surface area contributed by atoms with Crippen LogP contribution in [-0.2, 0) is 0 Å². The van der Waals surface area contributed by atoms with Crippen LogP contribution < -0.4 is 10.6 Å². The van der Waals surface area contributed by atoms with Crippen LogP contribution in [0.1, 0.15) is 20.8 Å². The lowest BCUT2D eigenvalue weighted by Crippen LogP contribution is -2.19. The Morgan fingerprint density at radius 1 is 0.852 bits per heavy atom. The number of nitrogens with zero attached hydrogens (tertiary/aromatic N) is 2. The van der Waals surface area contributed by atoms with Crippen molar-refractivity contribution in [2.75, 3.05) is 10.6 Å².